The van der Waals surface area contributed by atoms with Gasteiger partial charge in [-0.05, 0) is 58.6 Å². The number of ether oxygens (including phenoxy) is 3. The van der Waals surface area contributed by atoms with Gasteiger partial charge < -0.3 is 29.0 Å². The molecule has 22 nitrogen and oxygen atoms in total. The Bertz CT molecular complexity index is 2500. The van der Waals surface area contributed by atoms with Crippen LogP contribution < -0.4 is 14.5 Å². The molecule has 0 unspecified atom stereocenters. The number of likely N-dealkylation sites (N-methyl/N-ethyl adjacent to an activating group) is 1. The quantitative estimate of drug-likeness (QED) is 0.138. The minimum atomic E-state index is -3.75. The third-order valence-electron chi connectivity index (χ3n) is 10.9. The first-order chi connectivity index (χ1) is 29.2. The van der Waals surface area contributed by atoms with E-state index in [4.69, 9.17) is 16.3 Å². The van der Waals surface area contributed by atoms with E-state index in [1.807, 2.05) is 33.0 Å². The zero-order valence-corrected chi connectivity index (χ0v) is 38.1. The van der Waals surface area contributed by atoms with Gasteiger partial charge in [-0.3, -0.25) is 9.59 Å². The minimum Gasteiger partial charge on any atom is -0.468 e. The molecule has 4 aliphatic rings. The third kappa shape index (κ3) is 9.90. The first-order valence-electron chi connectivity index (χ1n) is 19.7. The van der Waals surface area contributed by atoms with Gasteiger partial charge in [0.25, 0.3) is 20.4 Å². The second-order valence-corrected chi connectivity index (χ2v) is 20.3. The highest BCUT2D eigenvalue weighted by atomic mass is 35.5. The van der Waals surface area contributed by atoms with Crippen LogP contribution in [0.25, 0.3) is 22.1 Å². The van der Waals surface area contributed by atoms with E-state index in [0.29, 0.717) is 50.7 Å². The van der Waals surface area contributed by atoms with E-state index in [-0.39, 0.29) is 12.4 Å². The van der Waals surface area contributed by atoms with Crippen LogP contribution in [-0.4, -0.2) is 174 Å². The van der Waals surface area contributed by atoms with E-state index in [0.717, 1.165) is 52.2 Å². The largest absolute Gasteiger partial charge is 0.468 e. The number of rotatable bonds is 9. The Balaban J connectivity index is 0.000000183. The predicted octanol–water partition coefficient (Wildman–Crippen LogP) is 1.69. The zero-order valence-electron chi connectivity index (χ0n) is 35.7. The molecule has 4 aromatic heterocycles. The number of halogens is 1. The maximum atomic E-state index is 13.0. The number of hydrogen-bond acceptors (Lipinski definition) is 16. The van der Waals surface area contributed by atoms with Crippen LogP contribution in [0.5, 0.6) is 0 Å². The van der Waals surface area contributed by atoms with Gasteiger partial charge >= 0.3 is 18.0 Å². The Labute approximate surface area is 365 Å². The lowest BCUT2D eigenvalue weighted by atomic mass is 10.2. The van der Waals surface area contributed by atoms with Gasteiger partial charge in [-0.15, -0.1) is 11.6 Å². The lowest BCUT2D eigenvalue weighted by molar-refractivity contribution is -0.140. The summed E-state index contributed by atoms with van der Waals surface area (Å²) in [4.78, 5) is 58.5. The molecule has 2 saturated carbocycles. The highest BCUT2D eigenvalue weighted by Gasteiger charge is 2.57. The summed E-state index contributed by atoms with van der Waals surface area (Å²) in [6.07, 6.45) is 9.10. The number of hydrogen-bond donors (Lipinski definition) is 2. The number of carbonyl (C=O) groups excluding carboxylic acids is 3. The highest BCUT2D eigenvalue weighted by Crippen LogP contribution is 2.48. The smallest absolute Gasteiger partial charge is 0.420 e. The van der Waals surface area contributed by atoms with Crippen molar-refractivity contribution in [3.8, 4) is 0 Å². The number of nitrogens with zero attached hydrogens (tertiary/aromatic N) is 10. The van der Waals surface area contributed by atoms with E-state index >= 15 is 0 Å². The average molecular weight is 925 g/mol. The topological polar surface area (TPSA) is 248 Å². The van der Waals surface area contributed by atoms with Crippen LogP contribution in [0, 0.1) is 0 Å². The molecule has 2 N–H and O–H groups in total. The van der Waals surface area contributed by atoms with E-state index in [1.165, 1.54) is 49.8 Å². The van der Waals surface area contributed by atoms with E-state index in [1.54, 1.807) is 16.6 Å². The molecule has 2 aliphatic carbocycles. The Kier molecular flexibility index (Phi) is 13.7. The van der Waals surface area contributed by atoms with Crippen molar-refractivity contribution < 1.29 is 45.4 Å². The van der Waals surface area contributed by atoms with Crippen molar-refractivity contribution in [1.29, 1.82) is 0 Å². The fourth-order valence-electron chi connectivity index (χ4n) is 7.54. The van der Waals surface area contributed by atoms with Gasteiger partial charge in [-0.25, -0.2) is 34.0 Å². The first kappa shape index (κ1) is 46.8. The summed E-state index contributed by atoms with van der Waals surface area (Å²) < 4.78 is 72.9. The van der Waals surface area contributed by atoms with E-state index in [9.17, 15) is 31.2 Å². The van der Waals surface area contributed by atoms with Crippen molar-refractivity contribution in [2.24, 2.45) is 0 Å². The van der Waals surface area contributed by atoms with Gasteiger partial charge in [-0.1, -0.05) is 0 Å². The standard InChI is InChI=1S/C18H26N6O4S.C16H22N6O4S.C3H5ClO2/c1-17(2,3)28-16(25)23-8-5-13-14(20-12-21-15(13)23)22-9-10-24(29(26,27)19-4)18(11-22)6-7-18;1-20(9-13(23)26-2)27(24,25)22-8-7-21(10-16(22)4-5-16)15-12-3-6-17-14(12)18-11-19-15;1-6-3(5)2-4/h5,8,12,19H,6-7,9-11H2,1-4H3;3,6,11H,4-5,7-10H2,1-2H3,(H,17,18,19);2H2,1H3. The Morgan fingerprint density at radius 1 is 0.839 bits per heavy atom. The molecule has 0 radical (unpaired) electrons. The second kappa shape index (κ2) is 18.2. The normalized spacial score (nSPS) is 18.5. The van der Waals surface area contributed by atoms with Crippen LogP contribution in [0.4, 0.5) is 16.4 Å². The number of aromatic nitrogens is 6. The van der Waals surface area contributed by atoms with Crippen molar-refractivity contribution in [3.05, 3.63) is 37.2 Å². The fraction of sp³-hybridized carbons (Fsp3) is 0.595. The molecule has 340 valence electrons. The Morgan fingerprint density at radius 2 is 1.40 bits per heavy atom. The predicted molar refractivity (Wildman–Crippen MR) is 229 cm³/mol. The van der Waals surface area contributed by atoms with Gasteiger partial charge in [0.15, 0.2) is 5.65 Å². The number of H-pyrrole nitrogens is 1. The van der Waals surface area contributed by atoms with Gasteiger partial charge in [0, 0.05) is 65.8 Å². The average Bonchev–Trinajstić information content (AvgIpc) is 4.05. The van der Waals surface area contributed by atoms with Gasteiger partial charge in [0.05, 0.1) is 36.1 Å². The first-order valence-corrected chi connectivity index (χ1v) is 23.1. The zero-order chi connectivity index (χ0) is 45.3. The van der Waals surface area contributed by atoms with Crippen molar-refractivity contribution in [2.75, 3.05) is 89.8 Å². The number of methoxy groups -OCH3 is 2. The van der Waals surface area contributed by atoms with Crippen LogP contribution in [0.1, 0.15) is 46.5 Å². The number of fused-ring (bicyclic) bond motifs is 2. The van der Waals surface area contributed by atoms with Crippen LogP contribution in [0.3, 0.4) is 0 Å². The molecule has 2 saturated heterocycles. The number of aromatic amines is 1. The molecule has 8 rings (SSSR count). The molecule has 0 aromatic carbocycles. The maximum Gasteiger partial charge on any atom is 0.420 e. The summed E-state index contributed by atoms with van der Waals surface area (Å²) in [5.41, 5.74) is -0.228. The number of esters is 2. The molecule has 62 heavy (non-hydrogen) atoms. The molecule has 25 heteroatoms. The minimum absolute atomic E-state index is 0.0590. The second-order valence-electron chi connectivity index (χ2n) is 16.2. The SMILES string of the molecule is CNS(=O)(=O)N1CCN(c2ncnc3c2ccn3C(=O)OC(C)(C)C)CC12CC2.COC(=O)CCl.COC(=O)CN(C)S(=O)(=O)N1CCN(c2ncnc3[nH]ccc23)CC12CC2. The van der Waals surface area contributed by atoms with Crippen LogP contribution in [0.2, 0.25) is 0 Å². The number of alkyl halides is 1. The maximum absolute atomic E-state index is 13.0. The summed E-state index contributed by atoms with van der Waals surface area (Å²) in [6.45, 7) is 7.99. The summed E-state index contributed by atoms with van der Waals surface area (Å²) in [5.74, 6) is 0.478. The lowest BCUT2D eigenvalue weighted by Crippen LogP contribution is -2.60. The molecular formula is C37H53ClN12O10S2. The fourth-order valence-corrected chi connectivity index (χ4v) is 10.6. The van der Waals surface area contributed by atoms with Crippen LogP contribution in [0.15, 0.2) is 37.2 Å². The van der Waals surface area contributed by atoms with Gasteiger partial charge in [0.1, 0.15) is 48.0 Å². The summed E-state index contributed by atoms with van der Waals surface area (Å²) in [5, 5.41) is 1.66. The number of piperazine rings is 2. The molecule has 0 bridgehead atoms. The summed E-state index contributed by atoms with van der Waals surface area (Å²) >= 11 is 4.98. The molecule has 6 heterocycles. The number of nitrogens with one attached hydrogen (secondary N) is 2. The van der Waals surface area contributed by atoms with E-state index < -0.39 is 55.1 Å². The Hall–Kier alpha value is -4.72. The molecule has 0 atom stereocenters. The highest BCUT2D eigenvalue weighted by molar-refractivity contribution is 7.87. The molecule has 2 aliphatic heterocycles. The molecule has 2 spiro atoms. The Morgan fingerprint density at radius 3 is 1.94 bits per heavy atom. The molecule has 4 fully saturated rings. The van der Waals surface area contributed by atoms with Crippen molar-refractivity contribution >= 4 is 83.8 Å². The van der Waals surface area contributed by atoms with E-state index in [2.05, 4.69) is 48.9 Å². The van der Waals surface area contributed by atoms with Gasteiger partial charge in [0.2, 0.25) is 0 Å². The van der Waals surface area contributed by atoms with Crippen LogP contribution in [-0.2, 0) is 44.2 Å². The number of carbonyl (C=O) groups is 3. The third-order valence-corrected chi connectivity index (χ3v) is 14.9. The molecular weight excluding hydrogens is 872 g/mol. The summed E-state index contributed by atoms with van der Waals surface area (Å²) in [6, 6.07) is 3.72. The monoisotopic (exact) mass is 924 g/mol. The van der Waals surface area contributed by atoms with Crippen molar-refractivity contribution in [2.45, 2.75) is 63.1 Å². The van der Waals surface area contributed by atoms with Crippen molar-refractivity contribution in [3.63, 3.8) is 0 Å². The van der Waals surface area contributed by atoms with Gasteiger partial charge in [-0.2, -0.15) is 29.8 Å². The molecule has 0 amide bonds. The molecule has 4 aromatic rings. The number of anilines is 2. The van der Waals surface area contributed by atoms with Crippen LogP contribution >= 0.6 is 11.6 Å². The summed E-state index contributed by atoms with van der Waals surface area (Å²) in [7, 11) is -1.85. The lowest BCUT2D eigenvalue weighted by Gasteiger charge is -2.42. The van der Waals surface area contributed by atoms with Crippen molar-refractivity contribution in [1.82, 2.24) is 47.1 Å².